The molecule has 8 heteroatoms. The van der Waals surface area contributed by atoms with Crippen LogP contribution in [-0.2, 0) is 6.54 Å². The van der Waals surface area contributed by atoms with Gasteiger partial charge in [0.05, 0.1) is 4.92 Å². The molecule has 0 spiro atoms. The van der Waals surface area contributed by atoms with E-state index in [0.29, 0.717) is 16.2 Å². The first-order valence-electron chi connectivity index (χ1n) is 8.37. The Morgan fingerprint density at radius 1 is 1.18 bits per heavy atom. The number of nitrogens with one attached hydrogen (secondary N) is 1. The van der Waals surface area contributed by atoms with E-state index in [1.54, 1.807) is 37.4 Å². The molecule has 2 aromatic carbocycles. The number of hydrogen-bond acceptors (Lipinski definition) is 5. The van der Waals surface area contributed by atoms with Gasteiger partial charge in [0, 0.05) is 28.3 Å². The van der Waals surface area contributed by atoms with Crippen molar-refractivity contribution in [3.8, 4) is 11.1 Å². The van der Waals surface area contributed by atoms with E-state index in [1.165, 1.54) is 23.9 Å². The highest BCUT2D eigenvalue weighted by molar-refractivity contribution is 7.98. The number of nitro groups is 1. The second-order valence-electron chi connectivity index (χ2n) is 6.03. The minimum atomic E-state index is -0.702. The minimum absolute atomic E-state index is 0.177. The second-order valence-corrected chi connectivity index (χ2v) is 6.90. The molecular weight excluding hydrogens is 384 g/mol. The molecule has 0 amide bonds. The Morgan fingerprint density at radius 2 is 1.82 bits per heavy atom. The van der Waals surface area contributed by atoms with Crippen molar-refractivity contribution in [2.24, 2.45) is 0 Å². The molecule has 28 heavy (non-hydrogen) atoms. The maximum Gasteiger partial charge on any atom is 0.311 e. The van der Waals surface area contributed by atoms with Gasteiger partial charge in [-0.2, -0.15) is 0 Å². The Hall–Kier alpha value is -3.00. The number of hydrogen-bond donors (Lipinski definition) is 1. The van der Waals surface area contributed by atoms with Gasteiger partial charge in [-0.25, -0.2) is 8.78 Å². The van der Waals surface area contributed by atoms with E-state index in [2.05, 4.69) is 10.3 Å². The first kappa shape index (κ1) is 19.8. The molecule has 0 atom stereocenters. The molecule has 0 saturated heterocycles. The van der Waals surface area contributed by atoms with Crippen molar-refractivity contribution in [2.75, 3.05) is 11.6 Å². The van der Waals surface area contributed by atoms with E-state index < -0.39 is 16.6 Å². The van der Waals surface area contributed by atoms with Crippen LogP contribution in [0.15, 0.2) is 53.6 Å². The summed E-state index contributed by atoms with van der Waals surface area (Å²) in [5.74, 6) is -1.40. The van der Waals surface area contributed by atoms with Crippen LogP contribution in [0.1, 0.15) is 11.3 Å². The smallest absolute Gasteiger partial charge is 0.311 e. The van der Waals surface area contributed by atoms with Crippen molar-refractivity contribution >= 4 is 23.1 Å². The summed E-state index contributed by atoms with van der Waals surface area (Å²) >= 11 is 1.23. The molecule has 0 bridgehead atoms. The zero-order valence-corrected chi connectivity index (χ0v) is 16.0. The molecule has 5 nitrogen and oxygen atoms in total. The Bertz CT molecular complexity index is 1010. The molecule has 0 aliphatic heterocycles. The number of benzene rings is 2. The summed E-state index contributed by atoms with van der Waals surface area (Å²) in [4.78, 5) is 15.5. The first-order chi connectivity index (χ1) is 13.4. The van der Waals surface area contributed by atoms with Crippen molar-refractivity contribution in [2.45, 2.75) is 18.4 Å². The summed E-state index contributed by atoms with van der Waals surface area (Å²) in [5, 5.41) is 14.4. The summed E-state index contributed by atoms with van der Waals surface area (Å²) in [6, 6.07) is 11.5. The largest absolute Gasteiger partial charge is 0.375 e. The van der Waals surface area contributed by atoms with Crippen LogP contribution in [0, 0.1) is 28.7 Å². The normalized spacial score (nSPS) is 10.7. The molecule has 0 unspecified atom stereocenters. The Labute approximate surface area is 165 Å². The van der Waals surface area contributed by atoms with E-state index in [9.17, 15) is 18.9 Å². The quantitative estimate of drug-likeness (QED) is 0.332. The van der Waals surface area contributed by atoms with Crippen LogP contribution in [0.2, 0.25) is 0 Å². The topological polar surface area (TPSA) is 68.1 Å². The van der Waals surface area contributed by atoms with Crippen LogP contribution < -0.4 is 5.32 Å². The van der Waals surface area contributed by atoms with E-state index in [1.807, 2.05) is 6.07 Å². The van der Waals surface area contributed by atoms with Crippen LogP contribution in [0.25, 0.3) is 11.1 Å². The number of anilines is 1. The molecule has 0 fully saturated rings. The number of aromatic nitrogens is 1. The summed E-state index contributed by atoms with van der Waals surface area (Å²) in [6.45, 7) is 1.49. The van der Waals surface area contributed by atoms with Gasteiger partial charge in [-0.1, -0.05) is 30.3 Å². The predicted octanol–water partition coefficient (Wildman–Crippen LogP) is 5.58. The van der Waals surface area contributed by atoms with Crippen LogP contribution in [-0.4, -0.2) is 16.2 Å². The molecule has 1 heterocycles. The Kier molecular flexibility index (Phi) is 5.89. The fourth-order valence-electron chi connectivity index (χ4n) is 2.91. The predicted molar refractivity (Wildman–Crippen MR) is 107 cm³/mol. The lowest BCUT2D eigenvalue weighted by atomic mass is 10.0. The number of thioether (sulfide) groups is 1. The first-order valence-corrected chi connectivity index (χ1v) is 9.60. The van der Waals surface area contributed by atoms with E-state index in [0.717, 1.165) is 11.8 Å². The van der Waals surface area contributed by atoms with Crippen molar-refractivity contribution in [1.82, 2.24) is 4.98 Å². The van der Waals surface area contributed by atoms with Crippen LogP contribution in [0.3, 0.4) is 0 Å². The van der Waals surface area contributed by atoms with Gasteiger partial charge in [0.2, 0.25) is 0 Å². The summed E-state index contributed by atoms with van der Waals surface area (Å²) in [5.41, 5.74) is 1.55. The number of rotatable bonds is 6. The lowest BCUT2D eigenvalue weighted by Gasteiger charge is -2.15. The lowest BCUT2D eigenvalue weighted by molar-refractivity contribution is -0.384. The standard InChI is InChI=1S/C20H17F2N3O2S/c1-12-19(13-6-4-3-5-7-13)20(18(11-23-12)25(26)27)24-10-15-16(21)8-14(28-2)9-17(15)22/h3-9,11H,10H2,1-2H3,(H,23,24). The van der Waals surface area contributed by atoms with Gasteiger partial charge >= 0.3 is 5.69 Å². The van der Waals surface area contributed by atoms with Crippen molar-refractivity contribution < 1.29 is 13.7 Å². The summed E-state index contributed by atoms with van der Waals surface area (Å²) < 4.78 is 28.6. The van der Waals surface area contributed by atoms with Crippen molar-refractivity contribution in [1.29, 1.82) is 0 Å². The van der Waals surface area contributed by atoms with Gasteiger partial charge in [0.15, 0.2) is 0 Å². The fraction of sp³-hybridized carbons (Fsp3) is 0.150. The molecule has 0 aliphatic carbocycles. The van der Waals surface area contributed by atoms with E-state index >= 15 is 0 Å². The highest BCUT2D eigenvalue weighted by Gasteiger charge is 2.22. The number of aryl methyl sites for hydroxylation is 1. The van der Waals surface area contributed by atoms with E-state index in [-0.39, 0.29) is 23.5 Å². The van der Waals surface area contributed by atoms with Crippen LogP contribution in [0.5, 0.6) is 0 Å². The minimum Gasteiger partial charge on any atom is -0.375 e. The average Bonchev–Trinajstić information content (AvgIpc) is 2.67. The fourth-order valence-corrected chi connectivity index (χ4v) is 3.36. The molecule has 144 valence electrons. The van der Waals surface area contributed by atoms with Crippen LogP contribution >= 0.6 is 11.8 Å². The number of halogens is 2. The van der Waals surface area contributed by atoms with E-state index in [4.69, 9.17) is 0 Å². The molecule has 3 aromatic rings. The number of pyridine rings is 1. The third kappa shape index (κ3) is 3.96. The highest BCUT2D eigenvalue weighted by Crippen LogP contribution is 2.37. The van der Waals surface area contributed by atoms with Gasteiger partial charge < -0.3 is 5.32 Å². The summed E-state index contributed by atoms with van der Waals surface area (Å²) in [7, 11) is 0. The molecule has 1 N–H and O–H groups in total. The lowest BCUT2D eigenvalue weighted by Crippen LogP contribution is -2.09. The van der Waals surface area contributed by atoms with Gasteiger partial charge in [0.1, 0.15) is 23.5 Å². The highest BCUT2D eigenvalue weighted by atomic mass is 32.2. The van der Waals surface area contributed by atoms with Gasteiger partial charge in [0.25, 0.3) is 0 Å². The van der Waals surface area contributed by atoms with Gasteiger partial charge in [-0.05, 0) is 30.9 Å². The molecule has 0 aliphatic rings. The van der Waals surface area contributed by atoms with Gasteiger partial charge in [-0.3, -0.25) is 15.1 Å². The molecule has 0 radical (unpaired) electrons. The molecular formula is C20H17F2N3O2S. The summed E-state index contributed by atoms with van der Waals surface area (Å²) in [6.07, 6.45) is 2.87. The van der Waals surface area contributed by atoms with Gasteiger partial charge in [-0.15, -0.1) is 11.8 Å². The molecule has 0 saturated carbocycles. The Morgan fingerprint density at radius 3 is 2.39 bits per heavy atom. The Balaban J connectivity index is 2.07. The second kappa shape index (κ2) is 8.35. The maximum absolute atomic E-state index is 14.3. The van der Waals surface area contributed by atoms with Crippen LogP contribution in [0.4, 0.5) is 20.2 Å². The molecule has 3 rings (SSSR count). The zero-order chi connectivity index (χ0) is 20.3. The molecule has 1 aromatic heterocycles. The average molecular weight is 401 g/mol. The third-order valence-corrected chi connectivity index (χ3v) is 5.01. The zero-order valence-electron chi connectivity index (χ0n) is 15.2. The van der Waals surface area contributed by atoms with Crippen molar-refractivity contribution in [3.63, 3.8) is 0 Å². The number of nitrogens with zero attached hydrogens (tertiary/aromatic N) is 2. The van der Waals surface area contributed by atoms with Crippen molar-refractivity contribution in [3.05, 3.63) is 81.7 Å². The maximum atomic E-state index is 14.3. The monoisotopic (exact) mass is 401 g/mol. The SMILES string of the molecule is CSc1cc(F)c(CNc2c([N+](=O)[O-])cnc(C)c2-c2ccccc2)c(F)c1. The third-order valence-electron chi connectivity index (χ3n) is 4.30.